The Balaban J connectivity index is 0.000000336. The van der Waals surface area contributed by atoms with Crippen molar-refractivity contribution in [2.24, 2.45) is 0 Å². The van der Waals surface area contributed by atoms with Crippen LogP contribution in [0.5, 0.6) is 0 Å². The maximum absolute atomic E-state index is 11.9. The molecular weight excluding hydrogens is 211 g/mol. The molecule has 0 bridgehead atoms. The molecule has 0 amide bonds. The first-order chi connectivity index (χ1) is 6.93. The van der Waals surface area contributed by atoms with Crippen LogP contribution in [0.15, 0.2) is 12.3 Å². The van der Waals surface area contributed by atoms with Gasteiger partial charge in [-0.2, -0.15) is 13.2 Å². The number of H-pyrrole nitrogens is 1. The fourth-order valence-corrected chi connectivity index (χ4v) is 0.821. The first-order valence-electron chi connectivity index (χ1n) is 4.19. The van der Waals surface area contributed by atoms with Crippen LogP contribution in [0.1, 0.15) is 18.2 Å². The van der Waals surface area contributed by atoms with Gasteiger partial charge in [0.05, 0.1) is 6.61 Å². The van der Waals surface area contributed by atoms with E-state index in [1.54, 1.807) is 6.92 Å². The molecule has 15 heavy (non-hydrogen) atoms. The largest absolute Gasteiger partial charge is 0.468 e. The van der Waals surface area contributed by atoms with Crippen LogP contribution in [-0.4, -0.2) is 18.1 Å². The standard InChI is InChI=1S/C6H6F3N.C3H6O2/c1-4-2-3-10-5(4)6(7,8)9;1-2-5-3-4/h2-3,10H,1H3;3H,2H2,1H3. The molecule has 0 aromatic carbocycles. The van der Waals surface area contributed by atoms with E-state index < -0.39 is 11.9 Å². The number of hydrogen-bond donors (Lipinski definition) is 1. The molecule has 0 unspecified atom stereocenters. The quantitative estimate of drug-likeness (QED) is 0.783. The zero-order chi connectivity index (χ0) is 11.9. The smallest absolute Gasteiger partial charge is 0.431 e. The Bertz CT molecular complexity index is 294. The first-order valence-corrected chi connectivity index (χ1v) is 4.19. The fraction of sp³-hybridized carbons (Fsp3) is 0.444. The molecule has 0 saturated carbocycles. The average Bonchev–Trinajstić information content (AvgIpc) is 2.53. The lowest BCUT2D eigenvalue weighted by Gasteiger charge is -2.03. The number of aromatic nitrogens is 1. The van der Waals surface area contributed by atoms with Crippen LogP contribution in [0.2, 0.25) is 0 Å². The third-order valence-corrected chi connectivity index (χ3v) is 1.47. The maximum Gasteiger partial charge on any atom is 0.431 e. The van der Waals surface area contributed by atoms with Crippen LogP contribution in [0.25, 0.3) is 0 Å². The number of carbonyl (C=O) groups excluding carboxylic acids is 1. The van der Waals surface area contributed by atoms with Gasteiger partial charge >= 0.3 is 6.18 Å². The number of ether oxygens (including phenoxy) is 1. The highest BCUT2D eigenvalue weighted by Crippen LogP contribution is 2.29. The van der Waals surface area contributed by atoms with E-state index in [0.29, 0.717) is 13.1 Å². The van der Waals surface area contributed by atoms with Crippen LogP contribution >= 0.6 is 0 Å². The van der Waals surface area contributed by atoms with Crippen molar-refractivity contribution in [3.63, 3.8) is 0 Å². The summed E-state index contributed by atoms with van der Waals surface area (Å²) in [7, 11) is 0. The van der Waals surface area contributed by atoms with Gasteiger partial charge in [0.15, 0.2) is 0 Å². The Morgan fingerprint density at radius 3 is 2.27 bits per heavy atom. The Morgan fingerprint density at radius 2 is 2.13 bits per heavy atom. The van der Waals surface area contributed by atoms with E-state index >= 15 is 0 Å². The van der Waals surface area contributed by atoms with Gasteiger partial charge in [-0.25, -0.2) is 0 Å². The Kier molecular flexibility index (Phi) is 5.51. The van der Waals surface area contributed by atoms with Crippen molar-refractivity contribution in [2.75, 3.05) is 6.61 Å². The van der Waals surface area contributed by atoms with Crippen molar-refractivity contribution in [1.29, 1.82) is 0 Å². The number of hydrogen-bond acceptors (Lipinski definition) is 2. The predicted octanol–water partition coefficient (Wildman–Crippen LogP) is 2.52. The number of nitrogens with one attached hydrogen (secondary N) is 1. The molecule has 1 heterocycles. The summed E-state index contributed by atoms with van der Waals surface area (Å²) in [5.74, 6) is 0. The number of carbonyl (C=O) groups is 1. The lowest BCUT2D eigenvalue weighted by atomic mass is 10.3. The van der Waals surface area contributed by atoms with Crippen molar-refractivity contribution in [3.05, 3.63) is 23.5 Å². The van der Waals surface area contributed by atoms with Gasteiger partial charge in [-0.1, -0.05) is 0 Å². The van der Waals surface area contributed by atoms with Crippen LogP contribution in [-0.2, 0) is 15.7 Å². The zero-order valence-electron chi connectivity index (χ0n) is 8.39. The molecular formula is C9H12F3NO2. The summed E-state index contributed by atoms with van der Waals surface area (Å²) in [6, 6.07) is 1.39. The highest BCUT2D eigenvalue weighted by atomic mass is 19.4. The molecule has 0 aliphatic heterocycles. The van der Waals surface area contributed by atoms with Crippen LogP contribution in [0.4, 0.5) is 13.2 Å². The molecule has 3 nitrogen and oxygen atoms in total. The highest BCUT2D eigenvalue weighted by Gasteiger charge is 2.33. The van der Waals surface area contributed by atoms with Gasteiger partial charge in [0, 0.05) is 6.20 Å². The third-order valence-electron chi connectivity index (χ3n) is 1.47. The Morgan fingerprint density at radius 1 is 1.53 bits per heavy atom. The lowest BCUT2D eigenvalue weighted by molar-refractivity contribution is -0.141. The van der Waals surface area contributed by atoms with E-state index in [-0.39, 0.29) is 5.56 Å². The molecule has 0 aliphatic rings. The topological polar surface area (TPSA) is 42.1 Å². The van der Waals surface area contributed by atoms with Crippen LogP contribution in [0, 0.1) is 6.92 Å². The molecule has 1 aromatic heterocycles. The number of aryl methyl sites for hydroxylation is 1. The maximum atomic E-state index is 11.9. The summed E-state index contributed by atoms with van der Waals surface area (Å²) in [5, 5.41) is 0. The summed E-state index contributed by atoms with van der Waals surface area (Å²) < 4.78 is 39.7. The average molecular weight is 223 g/mol. The summed E-state index contributed by atoms with van der Waals surface area (Å²) in [4.78, 5) is 11.3. The fourth-order valence-electron chi connectivity index (χ4n) is 0.821. The summed E-state index contributed by atoms with van der Waals surface area (Å²) in [6.45, 7) is 4.08. The van der Waals surface area contributed by atoms with E-state index in [1.165, 1.54) is 19.2 Å². The van der Waals surface area contributed by atoms with Gasteiger partial charge in [-0.15, -0.1) is 0 Å². The second-order valence-electron chi connectivity index (χ2n) is 2.59. The molecule has 0 spiro atoms. The van der Waals surface area contributed by atoms with Crippen molar-refractivity contribution < 1.29 is 22.7 Å². The molecule has 1 N–H and O–H groups in total. The molecule has 0 radical (unpaired) electrons. The normalized spacial score (nSPS) is 10.2. The zero-order valence-corrected chi connectivity index (χ0v) is 8.39. The Hall–Kier alpha value is -1.46. The minimum Gasteiger partial charge on any atom is -0.468 e. The summed E-state index contributed by atoms with van der Waals surface area (Å²) in [6.07, 6.45) is -2.97. The number of halogens is 3. The van der Waals surface area contributed by atoms with E-state index in [9.17, 15) is 18.0 Å². The number of rotatable bonds is 2. The highest BCUT2D eigenvalue weighted by molar-refractivity contribution is 5.36. The van der Waals surface area contributed by atoms with E-state index in [4.69, 9.17) is 0 Å². The van der Waals surface area contributed by atoms with Gasteiger partial charge in [-0.3, -0.25) is 4.79 Å². The van der Waals surface area contributed by atoms with E-state index in [2.05, 4.69) is 9.72 Å². The lowest BCUT2D eigenvalue weighted by Crippen LogP contribution is -2.06. The van der Waals surface area contributed by atoms with E-state index in [0.717, 1.165) is 0 Å². The number of alkyl halides is 3. The van der Waals surface area contributed by atoms with Crippen LogP contribution < -0.4 is 0 Å². The molecule has 6 heteroatoms. The van der Waals surface area contributed by atoms with Gasteiger partial charge in [0.1, 0.15) is 5.69 Å². The van der Waals surface area contributed by atoms with E-state index in [1.807, 2.05) is 0 Å². The summed E-state index contributed by atoms with van der Waals surface area (Å²) in [5.41, 5.74) is -0.431. The molecule has 0 aliphatic carbocycles. The predicted molar refractivity (Wildman–Crippen MR) is 48.2 cm³/mol. The van der Waals surface area contributed by atoms with Crippen molar-refractivity contribution in [1.82, 2.24) is 4.98 Å². The molecule has 0 atom stereocenters. The van der Waals surface area contributed by atoms with Gasteiger partial charge in [0.25, 0.3) is 6.47 Å². The molecule has 0 fully saturated rings. The third kappa shape index (κ3) is 5.09. The molecule has 86 valence electrons. The first kappa shape index (κ1) is 13.5. The van der Waals surface area contributed by atoms with Crippen LogP contribution in [0.3, 0.4) is 0 Å². The second kappa shape index (κ2) is 6.10. The van der Waals surface area contributed by atoms with Crippen molar-refractivity contribution >= 4 is 6.47 Å². The molecule has 0 saturated heterocycles. The van der Waals surface area contributed by atoms with Gasteiger partial charge in [0.2, 0.25) is 0 Å². The second-order valence-corrected chi connectivity index (χ2v) is 2.59. The van der Waals surface area contributed by atoms with Gasteiger partial charge in [-0.05, 0) is 25.5 Å². The molecule has 1 aromatic rings. The summed E-state index contributed by atoms with van der Waals surface area (Å²) >= 11 is 0. The van der Waals surface area contributed by atoms with Gasteiger partial charge < -0.3 is 9.72 Å². The minimum absolute atomic E-state index is 0.229. The minimum atomic E-state index is -4.24. The Labute approximate surface area is 85.2 Å². The monoisotopic (exact) mass is 223 g/mol. The number of aromatic amines is 1. The van der Waals surface area contributed by atoms with Crippen molar-refractivity contribution in [3.8, 4) is 0 Å². The SMILES string of the molecule is CCOC=O.Cc1cc[nH]c1C(F)(F)F. The molecule has 1 rings (SSSR count). The van der Waals surface area contributed by atoms with Crippen molar-refractivity contribution in [2.45, 2.75) is 20.0 Å².